The summed E-state index contributed by atoms with van der Waals surface area (Å²) >= 11 is 9.41. The van der Waals surface area contributed by atoms with Crippen LogP contribution in [-0.4, -0.2) is 204 Å². The van der Waals surface area contributed by atoms with Crippen molar-refractivity contribution in [2.75, 3.05) is 158 Å². The Bertz CT molecular complexity index is 1340. The first-order valence-corrected chi connectivity index (χ1v) is 24.0. The van der Waals surface area contributed by atoms with Crippen molar-refractivity contribution in [3.63, 3.8) is 0 Å². The highest BCUT2D eigenvalue weighted by atomic mass is 35.5. The average molecular weight is 1120 g/mol. The van der Waals surface area contributed by atoms with E-state index in [1.807, 2.05) is 0 Å². The molecule has 0 rings (SSSR count). The monoisotopic (exact) mass is 1120 g/mol. The lowest BCUT2D eigenvalue weighted by Gasteiger charge is -2.19. The maximum absolute atomic E-state index is 11.2. The van der Waals surface area contributed by atoms with E-state index in [-0.39, 0.29) is 23.6 Å². The number of hydrogen-bond donors (Lipinski definition) is 12. The molecule has 0 saturated carbocycles. The lowest BCUT2D eigenvalue weighted by atomic mass is 10.2. The van der Waals surface area contributed by atoms with Gasteiger partial charge in [-0.25, -0.2) is 4.79 Å². The number of nitrogens with one attached hydrogen (secondary N) is 5. The van der Waals surface area contributed by atoms with Gasteiger partial charge in [-0.3, -0.25) is 28.8 Å². The Kier molecular flexibility index (Phi) is 90.0. The molecular formula is C47H94Cl2N12O14. The summed E-state index contributed by atoms with van der Waals surface area (Å²) in [6.07, 6.45) is 6.44. The number of carbonyl (C=O) groups excluding carboxylic acids is 7. The number of halogens is 2. The Morgan fingerprint density at radius 2 is 0.533 bits per heavy atom. The summed E-state index contributed by atoms with van der Waals surface area (Å²) in [6, 6.07) is 0. The summed E-state index contributed by atoms with van der Waals surface area (Å²) < 4.78 is 35.0. The fourth-order valence-electron chi connectivity index (χ4n) is 3.01. The Labute approximate surface area is 455 Å². The third kappa shape index (κ3) is 119. The summed E-state index contributed by atoms with van der Waals surface area (Å²) in [4.78, 5) is 72.8. The Hall–Kier alpha value is -5.01. The molecule has 0 aromatic rings. The van der Waals surface area contributed by atoms with Crippen LogP contribution in [0.25, 0.3) is 0 Å². The van der Waals surface area contributed by atoms with Crippen LogP contribution in [-0.2, 0) is 61.9 Å². The van der Waals surface area contributed by atoms with Gasteiger partial charge >= 0.3 is 6.09 Å². The summed E-state index contributed by atoms with van der Waals surface area (Å²) in [7, 11) is 0. The van der Waals surface area contributed by atoms with Crippen LogP contribution in [0.15, 0.2) is 75.9 Å². The molecule has 5 amide bonds. The van der Waals surface area contributed by atoms with Gasteiger partial charge in [0.25, 0.3) is 0 Å². The van der Waals surface area contributed by atoms with E-state index in [2.05, 4.69) is 66.1 Å². The second-order valence-corrected chi connectivity index (χ2v) is 14.4. The van der Waals surface area contributed by atoms with Crippen LogP contribution < -0.4 is 66.7 Å². The van der Waals surface area contributed by atoms with Crippen molar-refractivity contribution in [3.8, 4) is 0 Å². The highest BCUT2D eigenvalue weighted by Crippen LogP contribution is 2.06. The lowest BCUT2D eigenvalue weighted by Crippen LogP contribution is -2.34. The van der Waals surface area contributed by atoms with E-state index in [4.69, 9.17) is 96.5 Å². The smallest absolute Gasteiger partial charge is 0.407 e. The molecule has 0 heterocycles. The van der Waals surface area contributed by atoms with Gasteiger partial charge in [0.1, 0.15) is 5.60 Å². The normalized spacial score (nSPS) is 9.23. The summed E-state index contributed by atoms with van der Waals surface area (Å²) in [5.74, 6) is -0.857. The van der Waals surface area contributed by atoms with Gasteiger partial charge in [0, 0.05) is 78.5 Å². The molecule has 0 bridgehead atoms. The van der Waals surface area contributed by atoms with Crippen LogP contribution in [0.5, 0.6) is 0 Å². The molecule has 75 heavy (non-hydrogen) atoms. The van der Waals surface area contributed by atoms with Gasteiger partial charge in [-0.05, 0) is 80.4 Å². The fraction of sp³-hybridized carbons (Fsp3) is 0.596. The number of carbonyl (C=O) groups is 7. The number of hydrogen-bond acceptors (Lipinski definition) is 21. The van der Waals surface area contributed by atoms with Crippen LogP contribution in [0.3, 0.4) is 0 Å². The molecule has 28 heteroatoms. The van der Waals surface area contributed by atoms with E-state index in [1.165, 1.54) is 24.3 Å². The molecular weight excluding hydrogens is 1030 g/mol. The highest BCUT2D eigenvalue weighted by molar-refractivity contribution is 6.66. The molecule has 0 radical (unpaired) electrons. The number of allylic oxidation sites excluding steroid dienone is 2. The SMILES string of the molecule is C=CC(=O)Cl.C=CC(=O)Cl.C=CC(=O)NCCOCCN.C=CC(=O)NCCOCCNC(=O)C=C.C=CC(=O)NCCOCCNC(=O)OC(C)(C)C.NCCOCCN.NCCOCCN.NCCOCCN. The second kappa shape index (κ2) is 77.9. The van der Waals surface area contributed by atoms with Crippen molar-refractivity contribution in [1.82, 2.24) is 26.6 Å². The van der Waals surface area contributed by atoms with Crippen molar-refractivity contribution in [3.05, 3.63) is 75.9 Å². The van der Waals surface area contributed by atoms with E-state index in [1.54, 1.807) is 20.8 Å². The highest BCUT2D eigenvalue weighted by Gasteiger charge is 2.15. The standard InChI is InChI=1S/C12H22N2O4.C10H16N2O3.C7H14N2O2.3C4H12N2O.2C3H3ClO/c1-5-10(15)13-6-8-17-9-7-14-11(16)18-12(2,3)4;1-3-9(13)11-5-7-15-8-6-12-10(14)4-2;1-2-7(10)9-4-6-11-5-3-8;3*5-1-3-7-4-2-6;2*1-2-3(4)5/h5H,1,6-9H2,2-4H3,(H,13,15)(H,14,16);3-4H,1-2,5-8H2,(H,11,13)(H,12,14);2H,1,3-6,8H2,(H,9,10);3*1-6H2;2*2H,1H2. The van der Waals surface area contributed by atoms with Gasteiger partial charge in [-0.15, -0.1) is 0 Å². The summed E-state index contributed by atoms with van der Waals surface area (Å²) in [5, 5.41) is 11.8. The fourth-order valence-corrected chi connectivity index (χ4v) is 3.01. The van der Waals surface area contributed by atoms with E-state index >= 15 is 0 Å². The van der Waals surface area contributed by atoms with Crippen LogP contribution in [0, 0.1) is 0 Å². The van der Waals surface area contributed by atoms with Crippen molar-refractivity contribution >= 4 is 63.4 Å². The zero-order valence-electron chi connectivity index (χ0n) is 44.7. The van der Waals surface area contributed by atoms with Crippen LogP contribution in [0.4, 0.5) is 4.79 Å². The third-order valence-electron chi connectivity index (χ3n) is 6.00. The van der Waals surface area contributed by atoms with Crippen molar-refractivity contribution < 1.29 is 66.7 Å². The maximum atomic E-state index is 11.2. The minimum Gasteiger partial charge on any atom is -0.444 e. The molecule has 0 aliphatic carbocycles. The zero-order valence-corrected chi connectivity index (χ0v) is 46.2. The lowest BCUT2D eigenvalue weighted by molar-refractivity contribution is -0.117. The number of nitrogens with two attached hydrogens (primary N) is 7. The number of rotatable bonds is 35. The van der Waals surface area contributed by atoms with Crippen molar-refractivity contribution in [1.29, 1.82) is 0 Å². The predicted octanol–water partition coefficient (Wildman–Crippen LogP) is -1.66. The quantitative estimate of drug-likeness (QED) is 0.0192. The second-order valence-electron chi connectivity index (χ2n) is 13.6. The molecule has 440 valence electrons. The largest absolute Gasteiger partial charge is 0.444 e. The van der Waals surface area contributed by atoms with E-state index in [9.17, 15) is 33.6 Å². The molecule has 0 spiro atoms. The van der Waals surface area contributed by atoms with Crippen LogP contribution in [0.1, 0.15) is 20.8 Å². The number of amides is 5. The minimum absolute atomic E-state index is 0.179. The van der Waals surface area contributed by atoms with E-state index < -0.39 is 22.2 Å². The minimum atomic E-state index is -0.509. The molecule has 0 aromatic heterocycles. The van der Waals surface area contributed by atoms with Crippen molar-refractivity contribution in [2.24, 2.45) is 40.1 Å². The van der Waals surface area contributed by atoms with Gasteiger partial charge in [0.2, 0.25) is 34.1 Å². The van der Waals surface area contributed by atoms with Gasteiger partial charge in [0.05, 0.1) is 79.3 Å². The molecule has 0 aliphatic rings. The third-order valence-corrected chi connectivity index (χ3v) is 6.30. The molecule has 0 unspecified atom stereocenters. The molecule has 26 nitrogen and oxygen atoms in total. The van der Waals surface area contributed by atoms with Gasteiger partial charge < -0.3 is 99.9 Å². The van der Waals surface area contributed by atoms with Gasteiger partial charge in [-0.2, -0.15) is 0 Å². The van der Waals surface area contributed by atoms with E-state index in [0.29, 0.717) is 158 Å². The van der Waals surface area contributed by atoms with E-state index in [0.717, 1.165) is 12.2 Å². The van der Waals surface area contributed by atoms with Crippen LogP contribution in [0.2, 0.25) is 0 Å². The average Bonchev–Trinajstić information content (AvgIpc) is 3.38. The first-order valence-electron chi connectivity index (χ1n) is 23.2. The zero-order chi connectivity index (χ0) is 59.2. The summed E-state index contributed by atoms with van der Waals surface area (Å²) in [5.41, 5.74) is 35.3. The first-order chi connectivity index (χ1) is 35.6. The molecule has 19 N–H and O–H groups in total. The number of alkyl carbamates (subject to hydrolysis) is 1. The van der Waals surface area contributed by atoms with Gasteiger partial charge in [0.15, 0.2) is 0 Å². The Balaban J connectivity index is -0.000000119. The van der Waals surface area contributed by atoms with Crippen LogP contribution >= 0.6 is 23.2 Å². The maximum Gasteiger partial charge on any atom is 0.407 e. The Morgan fingerprint density at radius 3 is 0.693 bits per heavy atom. The summed E-state index contributed by atoms with van der Waals surface area (Å²) in [6.45, 7) is 37.3. The number of ether oxygens (including phenoxy) is 7. The molecule has 0 saturated heterocycles. The Morgan fingerprint density at radius 1 is 0.360 bits per heavy atom. The molecule has 0 atom stereocenters. The van der Waals surface area contributed by atoms with Crippen molar-refractivity contribution in [2.45, 2.75) is 26.4 Å². The van der Waals surface area contributed by atoms with Gasteiger partial charge in [-0.1, -0.05) is 39.5 Å². The predicted molar refractivity (Wildman–Crippen MR) is 297 cm³/mol. The topological polar surface area (TPSA) is 426 Å². The molecule has 0 fully saturated rings. The molecule has 0 aliphatic heterocycles. The first kappa shape index (κ1) is 86.7. The molecule has 0 aromatic carbocycles.